The monoisotopic (exact) mass is 216 g/mol. The predicted molar refractivity (Wildman–Crippen MR) is 63.7 cm³/mol. The lowest BCUT2D eigenvalue weighted by molar-refractivity contribution is 0.746. The van der Waals surface area contributed by atoms with Gasteiger partial charge in [0.05, 0.1) is 5.69 Å². The van der Waals surface area contributed by atoms with E-state index in [1.54, 1.807) is 6.20 Å². The van der Waals surface area contributed by atoms with Crippen LogP contribution in [-0.2, 0) is 20.0 Å². The molecule has 0 saturated heterocycles. The molecule has 0 aliphatic carbocycles. The fraction of sp³-hybridized carbons (Fsp3) is 0.333. The molecule has 0 unspecified atom stereocenters. The lowest BCUT2D eigenvalue weighted by Crippen LogP contribution is -1.97. The van der Waals surface area contributed by atoms with Crippen molar-refractivity contribution in [3.8, 4) is 11.1 Å². The van der Waals surface area contributed by atoms with E-state index >= 15 is 0 Å². The minimum Gasteiger partial charge on any atom is -0.326 e. The molecule has 2 heterocycles. The minimum absolute atomic E-state index is 0.516. The van der Waals surface area contributed by atoms with Gasteiger partial charge in [0.1, 0.15) is 0 Å². The summed E-state index contributed by atoms with van der Waals surface area (Å²) in [7, 11) is 1.93. The summed E-state index contributed by atoms with van der Waals surface area (Å²) in [5.41, 5.74) is 9.99. The molecule has 0 aromatic carbocycles. The van der Waals surface area contributed by atoms with Crippen LogP contribution in [0.3, 0.4) is 0 Å². The summed E-state index contributed by atoms with van der Waals surface area (Å²) < 4.78 is 1.84. The van der Waals surface area contributed by atoms with Gasteiger partial charge in [-0.3, -0.25) is 9.67 Å². The first-order valence-electron chi connectivity index (χ1n) is 5.41. The lowest BCUT2D eigenvalue weighted by atomic mass is 10.1. The summed E-state index contributed by atoms with van der Waals surface area (Å²) in [6.07, 6.45) is 6.60. The molecule has 0 amide bonds. The Balaban J connectivity index is 2.48. The maximum absolute atomic E-state index is 5.61. The Labute approximate surface area is 95.1 Å². The molecule has 0 bridgehead atoms. The Morgan fingerprint density at radius 1 is 1.38 bits per heavy atom. The van der Waals surface area contributed by atoms with E-state index in [0.29, 0.717) is 6.54 Å². The molecule has 0 saturated carbocycles. The predicted octanol–water partition coefficient (Wildman–Crippen LogP) is 1.50. The van der Waals surface area contributed by atoms with E-state index in [-0.39, 0.29) is 0 Å². The van der Waals surface area contributed by atoms with E-state index < -0.39 is 0 Å². The molecule has 4 nitrogen and oxygen atoms in total. The van der Waals surface area contributed by atoms with Crippen LogP contribution in [0.5, 0.6) is 0 Å². The van der Waals surface area contributed by atoms with Crippen LogP contribution in [-0.4, -0.2) is 14.8 Å². The normalized spacial score (nSPS) is 10.7. The SMILES string of the molecule is CCc1nn(C)cc1-c1cncc(CN)c1. The van der Waals surface area contributed by atoms with Crippen LogP contribution in [0.1, 0.15) is 18.2 Å². The van der Waals surface area contributed by atoms with Crippen LogP contribution < -0.4 is 5.73 Å². The third kappa shape index (κ3) is 1.97. The fourth-order valence-electron chi connectivity index (χ4n) is 1.78. The van der Waals surface area contributed by atoms with Gasteiger partial charge >= 0.3 is 0 Å². The van der Waals surface area contributed by atoms with Crippen LogP contribution in [0.25, 0.3) is 11.1 Å². The van der Waals surface area contributed by atoms with Crippen LogP contribution in [0, 0.1) is 0 Å². The largest absolute Gasteiger partial charge is 0.326 e. The summed E-state index contributed by atoms with van der Waals surface area (Å²) in [5.74, 6) is 0. The Morgan fingerprint density at radius 2 is 2.19 bits per heavy atom. The molecule has 2 aromatic heterocycles. The van der Waals surface area contributed by atoms with Crippen molar-refractivity contribution < 1.29 is 0 Å². The average Bonchev–Trinajstić information content (AvgIpc) is 2.70. The van der Waals surface area contributed by atoms with Gasteiger partial charge in [-0.1, -0.05) is 6.92 Å². The lowest BCUT2D eigenvalue weighted by Gasteiger charge is -2.02. The highest BCUT2D eigenvalue weighted by atomic mass is 15.2. The number of hydrogen-bond donors (Lipinski definition) is 1. The van der Waals surface area contributed by atoms with Crippen LogP contribution in [0.2, 0.25) is 0 Å². The molecule has 0 radical (unpaired) electrons. The van der Waals surface area contributed by atoms with Gasteiger partial charge in [-0.15, -0.1) is 0 Å². The van der Waals surface area contributed by atoms with Gasteiger partial charge in [-0.25, -0.2) is 0 Å². The van der Waals surface area contributed by atoms with E-state index in [1.807, 2.05) is 24.1 Å². The third-order valence-electron chi connectivity index (χ3n) is 2.58. The number of aryl methyl sites for hydroxylation is 2. The van der Waals surface area contributed by atoms with Crippen LogP contribution in [0.15, 0.2) is 24.7 Å². The highest BCUT2D eigenvalue weighted by Crippen LogP contribution is 2.23. The second-order valence-electron chi connectivity index (χ2n) is 3.80. The van der Waals surface area contributed by atoms with Crippen molar-refractivity contribution >= 4 is 0 Å². The molecule has 2 rings (SSSR count). The molecule has 2 aromatic rings. The Hall–Kier alpha value is -1.68. The van der Waals surface area contributed by atoms with Crippen molar-refractivity contribution in [1.82, 2.24) is 14.8 Å². The summed E-state index contributed by atoms with van der Waals surface area (Å²) in [5, 5.41) is 4.42. The van der Waals surface area contributed by atoms with E-state index in [9.17, 15) is 0 Å². The standard InChI is InChI=1S/C12H16N4/c1-3-12-11(8-16(2)15-12)10-4-9(5-13)6-14-7-10/h4,6-8H,3,5,13H2,1-2H3. The first-order chi connectivity index (χ1) is 7.74. The maximum atomic E-state index is 5.61. The highest BCUT2D eigenvalue weighted by molar-refractivity contribution is 5.65. The van der Waals surface area contributed by atoms with Gasteiger partial charge in [-0.05, 0) is 18.1 Å². The van der Waals surface area contributed by atoms with Gasteiger partial charge in [-0.2, -0.15) is 5.10 Å². The average molecular weight is 216 g/mol. The number of nitrogens with two attached hydrogens (primary N) is 1. The van der Waals surface area contributed by atoms with E-state index in [2.05, 4.69) is 23.1 Å². The molecule has 2 N–H and O–H groups in total. The Kier molecular flexibility index (Phi) is 3.01. The Bertz CT molecular complexity index is 488. The van der Waals surface area contributed by atoms with Gasteiger partial charge in [0.2, 0.25) is 0 Å². The molecule has 0 atom stereocenters. The molecular weight excluding hydrogens is 200 g/mol. The van der Waals surface area contributed by atoms with Gasteiger partial charge in [0, 0.05) is 43.3 Å². The number of nitrogens with zero attached hydrogens (tertiary/aromatic N) is 3. The van der Waals surface area contributed by atoms with E-state index in [4.69, 9.17) is 5.73 Å². The molecule has 16 heavy (non-hydrogen) atoms. The zero-order valence-corrected chi connectivity index (χ0v) is 9.64. The van der Waals surface area contributed by atoms with Gasteiger partial charge < -0.3 is 5.73 Å². The number of pyridine rings is 1. The summed E-state index contributed by atoms with van der Waals surface area (Å²) in [6.45, 7) is 2.62. The van der Waals surface area contributed by atoms with Crippen molar-refractivity contribution in [2.24, 2.45) is 12.8 Å². The molecule has 4 heteroatoms. The zero-order valence-electron chi connectivity index (χ0n) is 9.64. The van der Waals surface area contributed by atoms with Gasteiger partial charge in [0.25, 0.3) is 0 Å². The van der Waals surface area contributed by atoms with Crippen LogP contribution >= 0.6 is 0 Å². The summed E-state index contributed by atoms with van der Waals surface area (Å²) >= 11 is 0. The quantitative estimate of drug-likeness (QED) is 0.846. The highest BCUT2D eigenvalue weighted by Gasteiger charge is 2.08. The van der Waals surface area contributed by atoms with Crippen molar-refractivity contribution in [3.63, 3.8) is 0 Å². The third-order valence-corrected chi connectivity index (χ3v) is 2.58. The van der Waals surface area contributed by atoms with Crippen molar-refractivity contribution in [3.05, 3.63) is 35.9 Å². The smallest absolute Gasteiger partial charge is 0.0700 e. The molecule has 0 fully saturated rings. The topological polar surface area (TPSA) is 56.7 Å². The number of aromatic nitrogens is 3. The molecule has 0 aliphatic heterocycles. The number of rotatable bonds is 3. The van der Waals surface area contributed by atoms with Crippen molar-refractivity contribution in [2.75, 3.05) is 0 Å². The molecule has 84 valence electrons. The number of hydrogen-bond acceptors (Lipinski definition) is 3. The van der Waals surface area contributed by atoms with E-state index in [0.717, 1.165) is 28.8 Å². The summed E-state index contributed by atoms with van der Waals surface area (Å²) in [4.78, 5) is 4.20. The Morgan fingerprint density at radius 3 is 2.88 bits per heavy atom. The van der Waals surface area contributed by atoms with Crippen molar-refractivity contribution in [1.29, 1.82) is 0 Å². The second-order valence-corrected chi connectivity index (χ2v) is 3.80. The summed E-state index contributed by atoms with van der Waals surface area (Å²) in [6, 6.07) is 2.07. The molecule has 0 aliphatic rings. The first-order valence-corrected chi connectivity index (χ1v) is 5.41. The fourth-order valence-corrected chi connectivity index (χ4v) is 1.78. The second kappa shape index (κ2) is 4.45. The van der Waals surface area contributed by atoms with E-state index in [1.165, 1.54) is 0 Å². The van der Waals surface area contributed by atoms with Crippen LogP contribution in [0.4, 0.5) is 0 Å². The minimum atomic E-state index is 0.516. The molecular formula is C12H16N4. The first kappa shape index (κ1) is 10.8. The van der Waals surface area contributed by atoms with Gasteiger partial charge in [0.15, 0.2) is 0 Å². The zero-order chi connectivity index (χ0) is 11.5. The van der Waals surface area contributed by atoms with Crippen molar-refractivity contribution in [2.45, 2.75) is 19.9 Å². The molecule has 0 spiro atoms. The maximum Gasteiger partial charge on any atom is 0.0700 e.